The van der Waals surface area contributed by atoms with Crippen LogP contribution in [0.15, 0.2) is 6.07 Å². The Balaban J connectivity index is 1.90. The Labute approximate surface area is 126 Å². The minimum absolute atomic E-state index is 0.399. The lowest BCUT2D eigenvalue weighted by atomic mass is 10.2. The normalized spacial score (nSPS) is 17.9. The highest BCUT2D eigenvalue weighted by Crippen LogP contribution is 2.16. The molecule has 0 aliphatic carbocycles. The van der Waals surface area contributed by atoms with Gasteiger partial charge in [-0.25, -0.2) is 9.97 Å². The molecule has 1 aromatic heterocycles. The van der Waals surface area contributed by atoms with Crippen LogP contribution in [0.4, 0.5) is 11.6 Å². The zero-order valence-electron chi connectivity index (χ0n) is 13.0. The van der Waals surface area contributed by atoms with E-state index >= 15 is 0 Å². The maximum absolute atomic E-state index is 5.62. The van der Waals surface area contributed by atoms with Crippen molar-refractivity contribution in [1.29, 1.82) is 0 Å². The Hall–Kier alpha value is -1.40. The van der Waals surface area contributed by atoms with Gasteiger partial charge >= 0.3 is 0 Å². The molecule has 2 heterocycles. The van der Waals surface area contributed by atoms with Gasteiger partial charge in [-0.05, 0) is 33.1 Å². The number of nitrogens with one attached hydrogen (secondary N) is 2. The van der Waals surface area contributed by atoms with Crippen LogP contribution in [0.1, 0.15) is 38.9 Å². The summed E-state index contributed by atoms with van der Waals surface area (Å²) in [4.78, 5) is 8.92. The Kier molecular flexibility index (Phi) is 6.69. The molecule has 0 spiro atoms. The molecule has 0 radical (unpaired) electrons. The summed E-state index contributed by atoms with van der Waals surface area (Å²) < 4.78 is 11.0. The van der Waals surface area contributed by atoms with Crippen molar-refractivity contribution in [3.8, 4) is 0 Å². The molecule has 1 unspecified atom stereocenters. The molecule has 1 atom stereocenters. The Morgan fingerprint density at radius 3 is 2.76 bits per heavy atom. The summed E-state index contributed by atoms with van der Waals surface area (Å²) >= 11 is 0. The summed E-state index contributed by atoms with van der Waals surface area (Å²) in [5.41, 5.74) is 0. The quantitative estimate of drug-likeness (QED) is 0.729. The van der Waals surface area contributed by atoms with Gasteiger partial charge < -0.3 is 20.1 Å². The highest BCUT2D eigenvalue weighted by Gasteiger charge is 2.14. The van der Waals surface area contributed by atoms with Crippen molar-refractivity contribution in [3.05, 3.63) is 11.9 Å². The average Bonchev–Trinajstić information content (AvgIpc) is 2.99. The topological polar surface area (TPSA) is 68.3 Å². The lowest BCUT2D eigenvalue weighted by Gasteiger charge is -2.12. The number of ether oxygens (including phenoxy) is 2. The second kappa shape index (κ2) is 8.79. The molecule has 2 N–H and O–H groups in total. The van der Waals surface area contributed by atoms with Gasteiger partial charge in [-0.2, -0.15) is 0 Å². The second-order valence-corrected chi connectivity index (χ2v) is 5.07. The van der Waals surface area contributed by atoms with Crippen LogP contribution < -0.4 is 10.6 Å². The highest BCUT2D eigenvalue weighted by molar-refractivity contribution is 5.47. The standard InChI is InChI=1S/C15H26N4O2/c1-3-16-13-10-14(19-15(18-13)11-20-4-2)17-8-7-12-6-5-9-21-12/h10,12H,3-9,11H2,1-2H3,(H2,16,17,18,19). The Morgan fingerprint density at radius 2 is 2.10 bits per heavy atom. The van der Waals surface area contributed by atoms with E-state index in [-0.39, 0.29) is 0 Å². The maximum atomic E-state index is 5.62. The van der Waals surface area contributed by atoms with E-state index in [1.54, 1.807) is 0 Å². The molecular formula is C15H26N4O2. The molecule has 1 aliphatic rings. The van der Waals surface area contributed by atoms with Crippen molar-refractivity contribution in [2.24, 2.45) is 0 Å². The van der Waals surface area contributed by atoms with Gasteiger partial charge in [0.2, 0.25) is 0 Å². The first kappa shape index (κ1) is 16.0. The summed E-state index contributed by atoms with van der Waals surface area (Å²) in [6.07, 6.45) is 3.77. The molecular weight excluding hydrogens is 268 g/mol. The molecule has 0 bridgehead atoms. The summed E-state index contributed by atoms with van der Waals surface area (Å²) in [7, 11) is 0. The minimum atomic E-state index is 0.399. The molecule has 6 heteroatoms. The van der Waals surface area contributed by atoms with Crippen LogP contribution in [0.25, 0.3) is 0 Å². The minimum Gasteiger partial charge on any atom is -0.378 e. The second-order valence-electron chi connectivity index (χ2n) is 5.07. The van der Waals surface area contributed by atoms with Crippen LogP contribution in [-0.4, -0.2) is 42.4 Å². The zero-order chi connectivity index (χ0) is 14.9. The lowest BCUT2D eigenvalue weighted by molar-refractivity contribution is 0.107. The Bertz CT molecular complexity index is 422. The van der Waals surface area contributed by atoms with E-state index in [2.05, 4.69) is 27.5 Å². The van der Waals surface area contributed by atoms with Crippen LogP contribution in [0.3, 0.4) is 0 Å². The predicted molar refractivity (Wildman–Crippen MR) is 83.6 cm³/mol. The van der Waals surface area contributed by atoms with Crippen molar-refractivity contribution in [2.45, 2.75) is 45.8 Å². The number of aromatic nitrogens is 2. The van der Waals surface area contributed by atoms with E-state index in [9.17, 15) is 0 Å². The van der Waals surface area contributed by atoms with Gasteiger partial charge in [-0.1, -0.05) is 0 Å². The summed E-state index contributed by atoms with van der Waals surface area (Å²) in [5.74, 6) is 2.38. The molecule has 1 fully saturated rings. The molecule has 1 saturated heterocycles. The van der Waals surface area contributed by atoms with Crippen LogP contribution in [0.2, 0.25) is 0 Å². The third kappa shape index (κ3) is 5.47. The van der Waals surface area contributed by atoms with Crippen molar-refractivity contribution in [2.75, 3.05) is 36.9 Å². The zero-order valence-corrected chi connectivity index (χ0v) is 13.0. The van der Waals surface area contributed by atoms with Crippen molar-refractivity contribution < 1.29 is 9.47 Å². The fourth-order valence-corrected chi connectivity index (χ4v) is 2.35. The molecule has 0 amide bonds. The fourth-order valence-electron chi connectivity index (χ4n) is 2.35. The number of hydrogen-bond donors (Lipinski definition) is 2. The molecule has 1 aliphatic heterocycles. The third-order valence-corrected chi connectivity index (χ3v) is 3.36. The molecule has 1 aromatic rings. The van der Waals surface area contributed by atoms with E-state index in [1.165, 1.54) is 12.8 Å². The van der Waals surface area contributed by atoms with Crippen LogP contribution >= 0.6 is 0 Å². The van der Waals surface area contributed by atoms with E-state index in [4.69, 9.17) is 9.47 Å². The summed E-state index contributed by atoms with van der Waals surface area (Å²) in [6, 6.07) is 1.94. The van der Waals surface area contributed by atoms with E-state index in [1.807, 2.05) is 13.0 Å². The smallest absolute Gasteiger partial charge is 0.158 e. The monoisotopic (exact) mass is 294 g/mol. The molecule has 2 rings (SSSR count). The number of hydrogen-bond acceptors (Lipinski definition) is 6. The number of rotatable bonds is 9. The molecule has 118 valence electrons. The van der Waals surface area contributed by atoms with E-state index in [0.717, 1.165) is 37.8 Å². The first-order valence-corrected chi connectivity index (χ1v) is 7.86. The highest BCUT2D eigenvalue weighted by atomic mass is 16.5. The average molecular weight is 294 g/mol. The largest absolute Gasteiger partial charge is 0.378 e. The Morgan fingerprint density at radius 1 is 1.29 bits per heavy atom. The summed E-state index contributed by atoms with van der Waals surface area (Å²) in [6.45, 7) is 7.72. The summed E-state index contributed by atoms with van der Waals surface area (Å²) in [5, 5.41) is 6.59. The van der Waals surface area contributed by atoms with Crippen molar-refractivity contribution in [1.82, 2.24) is 9.97 Å². The lowest BCUT2D eigenvalue weighted by Crippen LogP contribution is -2.14. The van der Waals surface area contributed by atoms with Crippen molar-refractivity contribution >= 4 is 11.6 Å². The van der Waals surface area contributed by atoms with Gasteiger partial charge in [0.1, 0.15) is 18.2 Å². The molecule has 0 saturated carbocycles. The van der Waals surface area contributed by atoms with Gasteiger partial charge in [0.05, 0.1) is 6.10 Å². The predicted octanol–water partition coefficient (Wildman–Crippen LogP) is 2.43. The first-order chi connectivity index (χ1) is 10.3. The van der Waals surface area contributed by atoms with Crippen LogP contribution in [0, 0.1) is 0 Å². The van der Waals surface area contributed by atoms with Crippen LogP contribution in [-0.2, 0) is 16.1 Å². The van der Waals surface area contributed by atoms with Crippen LogP contribution in [0.5, 0.6) is 0 Å². The van der Waals surface area contributed by atoms with Gasteiger partial charge in [0, 0.05) is 32.4 Å². The van der Waals surface area contributed by atoms with Crippen molar-refractivity contribution in [3.63, 3.8) is 0 Å². The molecule has 6 nitrogen and oxygen atoms in total. The maximum Gasteiger partial charge on any atom is 0.158 e. The van der Waals surface area contributed by atoms with Gasteiger partial charge in [0.25, 0.3) is 0 Å². The molecule has 0 aromatic carbocycles. The van der Waals surface area contributed by atoms with Gasteiger partial charge in [-0.3, -0.25) is 0 Å². The first-order valence-electron chi connectivity index (χ1n) is 7.86. The fraction of sp³-hybridized carbons (Fsp3) is 0.733. The number of nitrogens with zero attached hydrogens (tertiary/aromatic N) is 2. The van der Waals surface area contributed by atoms with E-state index < -0.39 is 0 Å². The third-order valence-electron chi connectivity index (χ3n) is 3.36. The van der Waals surface area contributed by atoms with E-state index in [0.29, 0.717) is 25.1 Å². The molecule has 21 heavy (non-hydrogen) atoms. The van der Waals surface area contributed by atoms with Gasteiger partial charge in [0.15, 0.2) is 5.82 Å². The SMILES string of the molecule is CCNc1cc(NCCC2CCCO2)nc(COCC)n1. The number of anilines is 2. The van der Waals surface area contributed by atoms with Gasteiger partial charge in [-0.15, -0.1) is 0 Å².